The second-order valence-electron chi connectivity index (χ2n) is 5.41. The summed E-state index contributed by atoms with van der Waals surface area (Å²) < 4.78 is 4.72. The van der Waals surface area contributed by atoms with Crippen molar-refractivity contribution in [2.45, 2.75) is 32.0 Å². The number of nitrogens with zero attached hydrogens (tertiary/aromatic N) is 1. The van der Waals surface area contributed by atoms with E-state index in [0.717, 1.165) is 11.8 Å². The molecule has 1 aliphatic rings. The molecule has 8 nitrogen and oxygen atoms in total. The van der Waals surface area contributed by atoms with Crippen LogP contribution in [0.25, 0.3) is 0 Å². The van der Waals surface area contributed by atoms with Gasteiger partial charge in [-0.1, -0.05) is 12.1 Å². The van der Waals surface area contributed by atoms with E-state index in [1.807, 2.05) is 0 Å². The molecule has 3 N–H and O–H groups in total. The molecule has 128 valence electrons. The number of carbonyl (C=O) groups is 4. The van der Waals surface area contributed by atoms with Crippen LogP contribution in [-0.4, -0.2) is 42.2 Å². The first-order chi connectivity index (χ1) is 11.5. The SMILES string of the molecule is CNC(=O)C(CCC=O)N1Cc2ccc(COC(N)=O)cc2C1=O. The Morgan fingerprint density at radius 3 is 2.83 bits per heavy atom. The van der Waals surface area contributed by atoms with Gasteiger partial charge in [-0.25, -0.2) is 4.79 Å². The van der Waals surface area contributed by atoms with Crippen LogP contribution in [0.15, 0.2) is 18.2 Å². The third-order valence-electron chi connectivity index (χ3n) is 3.87. The zero-order chi connectivity index (χ0) is 17.7. The summed E-state index contributed by atoms with van der Waals surface area (Å²) >= 11 is 0. The number of carbonyl (C=O) groups excluding carboxylic acids is 4. The van der Waals surface area contributed by atoms with Gasteiger partial charge in [0.25, 0.3) is 5.91 Å². The monoisotopic (exact) mass is 333 g/mol. The molecule has 0 saturated heterocycles. The summed E-state index contributed by atoms with van der Waals surface area (Å²) in [5.74, 6) is -0.597. The number of likely N-dealkylation sites (N-methyl/N-ethyl adjacent to an activating group) is 1. The van der Waals surface area contributed by atoms with Crippen LogP contribution in [0, 0.1) is 0 Å². The van der Waals surface area contributed by atoms with E-state index in [9.17, 15) is 19.2 Å². The van der Waals surface area contributed by atoms with Crippen molar-refractivity contribution in [3.05, 3.63) is 34.9 Å². The van der Waals surface area contributed by atoms with Gasteiger partial charge in [0.15, 0.2) is 0 Å². The van der Waals surface area contributed by atoms with E-state index in [1.54, 1.807) is 18.2 Å². The standard InChI is InChI=1S/C16H19N3O5/c1-18-14(21)13(3-2-6-20)19-8-11-5-4-10(9-24-16(17)23)7-12(11)15(19)22/h4-7,13H,2-3,8-9H2,1H3,(H2,17,23)(H,18,21). The van der Waals surface area contributed by atoms with Gasteiger partial charge in [-0.15, -0.1) is 0 Å². The molecular formula is C16H19N3O5. The molecule has 0 saturated carbocycles. The number of benzene rings is 1. The van der Waals surface area contributed by atoms with Crippen LogP contribution in [0.5, 0.6) is 0 Å². The molecule has 0 fully saturated rings. The second kappa shape index (κ2) is 7.58. The van der Waals surface area contributed by atoms with E-state index >= 15 is 0 Å². The van der Waals surface area contributed by atoms with Gasteiger partial charge in [-0.2, -0.15) is 0 Å². The van der Waals surface area contributed by atoms with Gasteiger partial charge >= 0.3 is 6.09 Å². The summed E-state index contributed by atoms with van der Waals surface area (Å²) in [4.78, 5) is 47.4. The van der Waals surface area contributed by atoms with Crippen LogP contribution in [0.3, 0.4) is 0 Å². The fourth-order valence-corrected chi connectivity index (χ4v) is 2.69. The smallest absolute Gasteiger partial charge is 0.404 e. The summed E-state index contributed by atoms with van der Waals surface area (Å²) in [5.41, 5.74) is 6.80. The number of hydrogen-bond donors (Lipinski definition) is 2. The van der Waals surface area contributed by atoms with Gasteiger partial charge in [-0.05, 0) is 23.6 Å². The topological polar surface area (TPSA) is 119 Å². The summed E-state index contributed by atoms with van der Waals surface area (Å²) in [7, 11) is 1.49. The Labute approximate surface area is 138 Å². The van der Waals surface area contributed by atoms with Crippen molar-refractivity contribution in [2.75, 3.05) is 7.05 Å². The van der Waals surface area contributed by atoms with Crippen LogP contribution in [0.4, 0.5) is 4.79 Å². The van der Waals surface area contributed by atoms with Gasteiger partial charge in [-0.3, -0.25) is 9.59 Å². The minimum Gasteiger partial charge on any atom is -0.445 e. The zero-order valence-corrected chi connectivity index (χ0v) is 13.3. The van der Waals surface area contributed by atoms with E-state index in [-0.39, 0.29) is 31.3 Å². The van der Waals surface area contributed by atoms with E-state index in [1.165, 1.54) is 11.9 Å². The lowest BCUT2D eigenvalue weighted by Gasteiger charge is -2.25. The molecule has 8 heteroatoms. The minimum atomic E-state index is -0.892. The van der Waals surface area contributed by atoms with Crippen molar-refractivity contribution in [1.82, 2.24) is 10.2 Å². The van der Waals surface area contributed by atoms with Crippen molar-refractivity contribution >= 4 is 24.2 Å². The molecule has 0 aliphatic carbocycles. The maximum absolute atomic E-state index is 12.6. The third-order valence-corrected chi connectivity index (χ3v) is 3.87. The number of fused-ring (bicyclic) bond motifs is 1. The highest BCUT2D eigenvalue weighted by atomic mass is 16.5. The molecular weight excluding hydrogens is 314 g/mol. The number of hydrogen-bond acceptors (Lipinski definition) is 5. The van der Waals surface area contributed by atoms with Gasteiger partial charge in [0.2, 0.25) is 5.91 Å². The normalized spacial score (nSPS) is 14.0. The third kappa shape index (κ3) is 3.70. The summed E-state index contributed by atoms with van der Waals surface area (Å²) in [5, 5.41) is 2.52. The molecule has 2 rings (SSSR count). The number of amides is 3. The van der Waals surface area contributed by atoms with Crippen LogP contribution in [-0.2, 0) is 27.5 Å². The Balaban J connectivity index is 2.20. The quantitative estimate of drug-likeness (QED) is 0.697. The van der Waals surface area contributed by atoms with E-state index in [2.05, 4.69) is 5.32 Å². The fraction of sp³-hybridized carbons (Fsp3) is 0.375. The molecule has 0 aromatic heterocycles. The van der Waals surface area contributed by atoms with Crippen molar-refractivity contribution in [3.8, 4) is 0 Å². The Morgan fingerprint density at radius 2 is 2.21 bits per heavy atom. The predicted molar refractivity (Wildman–Crippen MR) is 83.8 cm³/mol. The average Bonchev–Trinajstić information content (AvgIpc) is 2.89. The Morgan fingerprint density at radius 1 is 1.46 bits per heavy atom. The molecule has 3 amide bonds. The van der Waals surface area contributed by atoms with Crippen LogP contribution in [0.1, 0.15) is 34.3 Å². The largest absolute Gasteiger partial charge is 0.445 e. The predicted octanol–water partition coefficient (Wildman–Crippen LogP) is 0.331. The molecule has 1 aromatic rings. The van der Waals surface area contributed by atoms with Gasteiger partial charge in [0, 0.05) is 25.6 Å². The molecule has 0 spiro atoms. The van der Waals surface area contributed by atoms with Gasteiger partial charge < -0.3 is 25.5 Å². The first-order valence-electron chi connectivity index (χ1n) is 7.48. The summed E-state index contributed by atoms with van der Waals surface area (Å²) in [6.45, 7) is 0.266. The summed E-state index contributed by atoms with van der Waals surface area (Å²) in [6.07, 6.45) is 0.288. The molecule has 1 aromatic carbocycles. The highest BCUT2D eigenvalue weighted by molar-refractivity contribution is 6.01. The van der Waals surface area contributed by atoms with E-state index < -0.39 is 12.1 Å². The number of nitrogens with one attached hydrogen (secondary N) is 1. The number of rotatable bonds is 7. The van der Waals surface area contributed by atoms with Gasteiger partial charge in [0.1, 0.15) is 18.9 Å². The number of nitrogens with two attached hydrogens (primary N) is 1. The summed E-state index contributed by atoms with van der Waals surface area (Å²) in [6, 6.07) is 4.42. The lowest BCUT2D eigenvalue weighted by atomic mass is 10.1. The molecule has 24 heavy (non-hydrogen) atoms. The number of ether oxygens (including phenoxy) is 1. The van der Waals surface area contributed by atoms with Crippen molar-refractivity contribution in [2.24, 2.45) is 5.73 Å². The second-order valence-corrected chi connectivity index (χ2v) is 5.41. The average molecular weight is 333 g/mol. The van der Waals surface area contributed by atoms with Crippen LogP contribution < -0.4 is 11.1 Å². The van der Waals surface area contributed by atoms with Crippen molar-refractivity contribution in [3.63, 3.8) is 0 Å². The molecule has 1 heterocycles. The van der Waals surface area contributed by atoms with Gasteiger partial charge in [0.05, 0.1) is 0 Å². The highest BCUT2D eigenvalue weighted by Crippen LogP contribution is 2.27. The maximum Gasteiger partial charge on any atom is 0.404 e. The lowest BCUT2D eigenvalue weighted by Crippen LogP contribution is -2.46. The Bertz CT molecular complexity index is 674. The van der Waals surface area contributed by atoms with Crippen LogP contribution in [0.2, 0.25) is 0 Å². The number of primary amides is 1. The highest BCUT2D eigenvalue weighted by Gasteiger charge is 2.35. The van der Waals surface area contributed by atoms with E-state index in [0.29, 0.717) is 17.7 Å². The molecule has 1 aliphatic heterocycles. The molecule has 0 radical (unpaired) electrons. The number of aldehydes is 1. The Hall–Kier alpha value is -2.90. The fourth-order valence-electron chi connectivity index (χ4n) is 2.69. The Kier molecular flexibility index (Phi) is 5.51. The maximum atomic E-state index is 12.6. The zero-order valence-electron chi connectivity index (χ0n) is 13.3. The van der Waals surface area contributed by atoms with Crippen LogP contribution >= 0.6 is 0 Å². The van der Waals surface area contributed by atoms with Crippen molar-refractivity contribution in [1.29, 1.82) is 0 Å². The first kappa shape index (κ1) is 17.5. The molecule has 0 bridgehead atoms. The van der Waals surface area contributed by atoms with Crippen molar-refractivity contribution < 1.29 is 23.9 Å². The lowest BCUT2D eigenvalue weighted by molar-refractivity contribution is -0.125. The molecule has 1 atom stereocenters. The van der Waals surface area contributed by atoms with E-state index in [4.69, 9.17) is 10.5 Å². The molecule has 1 unspecified atom stereocenters. The first-order valence-corrected chi connectivity index (χ1v) is 7.48. The minimum absolute atomic E-state index is 0.0279.